The number of carbonyl (C=O) groups excluding carboxylic acids is 1. The third kappa shape index (κ3) is 4.07. The van der Waals surface area contributed by atoms with Crippen molar-refractivity contribution in [3.05, 3.63) is 27.2 Å². The number of carboxylic acids is 1. The molecule has 0 radical (unpaired) electrons. The zero-order chi connectivity index (χ0) is 18.9. The minimum absolute atomic E-state index is 0.0156. The van der Waals surface area contributed by atoms with E-state index < -0.39 is 11.5 Å². The number of pyridine rings is 1. The molecule has 0 saturated heterocycles. The van der Waals surface area contributed by atoms with E-state index in [1.54, 1.807) is 25.6 Å². The zero-order valence-corrected chi connectivity index (χ0v) is 15.2. The molecule has 25 heavy (non-hydrogen) atoms. The van der Waals surface area contributed by atoms with Crippen LogP contribution >= 0.6 is 0 Å². The number of amides is 1. The fourth-order valence-electron chi connectivity index (χ4n) is 2.97. The summed E-state index contributed by atoms with van der Waals surface area (Å²) in [4.78, 5) is 39.7. The average Bonchev–Trinajstić information content (AvgIpc) is 2.75. The van der Waals surface area contributed by atoms with Crippen LogP contribution in [0.4, 0.5) is 0 Å². The van der Waals surface area contributed by atoms with Gasteiger partial charge in [-0.1, -0.05) is 0 Å². The summed E-state index contributed by atoms with van der Waals surface area (Å²) >= 11 is 0. The maximum atomic E-state index is 12.4. The van der Waals surface area contributed by atoms with Gasteiger partial charge in [-0.15, -0.1) is 0 Å². The molecule has 0 aliphatic heterocycles. The molecule has 2 aromatic rings. The van der Waals surface area contributed by atoms with Crippen LogP contribution in [0.5, 0.6) is 0 Å². The van der Waals surface area contributed by atoms with Crippen molar-refractivity contribution in [2.45, 2.75) is 52.5 Å². The summed E-state index contributed by atoms with van der Waals surface area (Å²) in [5.74, 6) is -1.12. The summed E-state index contributed by atoms with van der Waals surface area (Å²) in [6, 6.07) is 0. The fourth-order valence-corrected chi connectivity index (χ4v) is 2.97. The van der Waals surface area contributed by atoms with Gasteiger partial charge in [0.05, 0.1) is 11.8 Å². The maximum Gasteiger partial charge on any atom is 0.303 e. The predicted molar refractivity (Wildman–Crippen MR) is 93.6 cm³/mol. The van der Waals surface area contributed by atoms with E-state index in [0.29, 0.717) is 23.1 Å². The molecule has 0 bridgehead atoms. The summed E-state index contributed by atoms with van der Waals surface area (Å²) in [6.07, 6.45) is 0.408. The van der Waals surface area contributed by atoms with Crippen molar-refractivity contribution in [3.8, 4) is 0 Å². The number of H-pyrrole nitrogens is 1. The quantitative estimate of drug-likeness (QED) is 0.725. The summed E-state index contributed by atoms with van der Waals surface area (Å²) in [6.45, 7) is 7.19. The van der Waals surface area contributed by atoms with E-state index >= 15 is 0 Å². The molecule has 2 aromatic heterocycles. The first-order chi connectivity index (χ1) is 11.5. The van der Waals surface area contributed by atoms with E-state index in [-0.39, 0.29) is 24.3 Å². The normalized spacial score (nSPS) is 11.7. The molecule has 0 aliphatic rings. The minimum atomic E-state index is -0.896. The number of nitrogens with zero attached hydrogens (tertiary/aromatic N) is 2. The number of hydrogen-bond acceptors (Lipinski definition) is 4. The van der Waals surface area contributed by atoms with Crippen LogP contribution in [0.15, 0.2) is 4.79 Å². The third-order valence-corrected chi connectivity index (χ3v) is 4.35. The fraction of sp³-hybridized carbons (Fsp3) is 0.529. The van der Waals surface area contributed by atoms with Gasteiger partial charge in [-0.05, 0) is 45.2 Å². The van der Waals surface area contributed by atoms with E-state index in [1.807, 2.05) is 13.8 Å². The van der Waals surface area contributed by atoms with Crippen molar-refractivity contribution < 1.29 is 14.7 Å². The zero-order valence-electron chi connectivity index (χ0n) is 15.2. The second-order valence-corrected chi connectivity index (χ2v) is 7.00. The van der Waals surface area contributed by atoms with Gasteiger partial charge >= 0.3 is 5.97 Å². The lowest BCUT2D eigenvalue weighted by Gasteiger charge is -2.26. The van der Waals surface area contributed by atoms with E-state index in [4.69, 9.17) is 5.11 Å². The molecule has 3 N–H and O–H groups in total. The Labute approximate surface area is 145 Å². The Morgan fingerprint density at radius 1 is 1.32 bits per heavy atom. The van der Waals surface area contributed by atoms with E-state index in [1.165, 1.54) is 0 Å². The molecule has 2 rings (SSSR count). The second-order valence-electron chi connectivity index (χ2n) is 7.00. The standard InChI is InChI=1S/C17H24N4O4/c1-9-11(8-12(22)19-17(3,4)7-6-13(23)24)10(2)18-15-14(9)16(25)20-21(15)5/h6-8H2,1-5H3,(H,19,22)(H,20,25)(H,23,24). The van der Waals surface area contributed by atoms with E-state index in [0.717, 1.165) is 11.1 Å². The van der Waals surface area contributed by atoms with Gasteiger partial charge in [-0.3, -0.25) is 24.2 Å². The topological polar surface area (TPSA) is 117 Å². The van der Waals surface area contributed by atoms with Crippen LogP contribution in [0.1, 0.15) is 43.5 Å². The van der Waals surface area contributed by atoms with Crippen molar-refractivity contribution in [3.63, 3.8) is 0 Å². The molecule has 8 heteroatoms. The molecule has 0 spiro atoms. The molecule has 0 fully saturated rings. The largest absolute Gasteiger partial charge is 0.481 e. The number of aromatic amines is 1. The molecule has 0 aromatic carbocycles. The highest BCUT2D eigenvalue weighted by atomic mass is 16.4. The van der Waals surface area contributed by atoms with Crippen molar-refractivity contribution in [1.29, 1.82) is 0 Å². The molecule has 1 amide bonds. The van der Waals surface area contributed by atoms with Gasteiger partial charge in [-0.2, -0.15) is 0 Å². The van der Waals surface area contributed by atoms with Gasteiger partial charge in [0, 0.05) is 24.7 Å². The van der Waals surface area contributed by atoms with E-state index in [9.17, 15) is 14.4 Å². The van der Waals surface area contributed by atoms with Crippen LogP contribution in [-0.4, -0.2) is 37.3 Å². The highest BCUT2D eigenvalue weighted by Crippen LogP contribution is 2.21. The molecule has 0 aliphatic carbocycles. The summed E-state index contributed by atoms with van der Waals surface area (Å²) in [5, 5.41) is 14.8. The van der Waals surface area contributed by atoms with Crippen molar-refractivity contribution in [2.24, 2.45) is 7.05 Å². The average molecular weight is 348 g/mol. The number of hydrogen-bond donors (Lipinski definition) is 3. The predicted octanol–water partition coefficient (Wildman–Crippen LogP) is 1.18. The number of aromatic nitrogens is 3. The van der Waals surface area contributed by atoms with Gasteiger partial charge < -0.3 is 10.4 Å². The summed E-state index contributed by atoms with van der Waals surface area (Å²) in [7, 11) is 1.72. The highest BCUT2D eigenvalue weighted by molar-refractivity contribution is 5.85. The van der Waals surface area contributed by atoms with Crippen LogP contribution in [0.25, 0.3) is 11.0 Å². The van der Waals surface area contributed by atoms with Crippen LogP contribution in [0.3, 0.4) is 0 Å². The van der Waals surface area contributed by atoms with Crippen LogP contribution in [-0.2, 0) is 23.1 Å². The highest BCUT2D eigenvalue weighted by Gasteiger charge is 2.23. The smallest absolute Gasteiger partial charge is 0.303 e. The lowest BCUT2D eigenvalue weighted by molar-refractivity contribution is -0.137. The molecule has 136 valence electrons. The van der Waals surface area contributed by atoms with Crippen molar-refractivity contribution in [1.82, 2.24) is 20.1 Å². The number of carbonyl (C=O) groups is 2. The Balaban J connectivity index is 2.25. The van der Waals surface area contributed by atoms with Crippen molar-refractivity contribution in [2.75, 3.05) is 0 Å². The van der Waals surface area contributed by atoms with E-state index in [2.05, 4.69) is 15.4 Å². The van der Waals surface area contributed by atoms with Crippen molar-refractivity contribution >= 4 is 22.9 Å². The number of carboxylic acid groups (broad SMARTS) is 1. The number of nitrogens with one attached hydrogen (secondary N) is 2. The number of fused-ring (bicyclic) bond motifs is 1. The van der Waals surface area contributed by atoms with Crippen LogP contribution < -0.4 is 10.9 Å². The first-order valence-electron chi connectivity index (χ1n) is 8.09. The Morgan fingerprint density at radius 3 is 2.56 bits per heavy atom. The molecular weight excluding hydrogens is 324 g/mol. The van der Waals surface area contributed by atoms with Gasteiger partial charge in [0.1, 0.15) is 0 Å². The SMILES string of the molecule is Cc1nc2c(c(C)c1CC(=O)NC(C)(C)CCC(=O)O)c(=O)[nH]n2C. The first-order valence-corrected chi connectivity index (χ1v) is 8.09. The summed E-state index contributed by atoms with van der Waals surface area (Å²) < 4.78 is 1.57. The molecular formula is C17H24N4O4. The summed E-state index contributed by atoms with van der Waals surface area (Å²) in [5.41, 5.74) is 1.85. The maximum absolute atomic E-state index is 12.4. The number of aliphatic carboxylic acids is 1. The van der Waals surface area contributed by atoms with Gasteiger partial charge in [0.25, 0.3) is 5.56 Å². The lowest BCUT2D eigenvalue weighted by Crippen LogP contribution is -2.44. The number of aryl methyl sites for hydroxylation is 3. The van der Waals surface area contributed by atoms with Gasteiger partial charge in [-0.25, -0.2) is 4.98 Å². The monoisotopic (exact) mass is 348 g/mol. The Kier molecular flexibility index (Phi) is 5.01. The molecule has 0 unspecified atom stereocenters. The first kappa shape index (κ1) is 18.7. The molecule has 8 nitrogen and oxygen atoms in total. The molecule has 0 saturated carbocycles. The molecule has 2 heterocycles. The van der Waals surface area contributed by atoms with Gasteiger partial charge in [0.15, 0.2) is 5.65 Å². The Morgan fingerprint density at radius 2 is 1.96 bits per heavy atom. The van der Waals surface area contributed by atoms with Crippen LogP contribution in [0, 0.1) is 13.8 Å². The minimum Gasteiger partial charge on any atom is -0.481 e. The Hall–Kier alpha value is -2.64. The van der Waals surface area contributed by atoms with Crippen LogP contribution in [0.2, 0.25) is 0 Å². The van der Waals surface area contributed by atoms with Gasteiger partial charge in [0.2, 0.25) is 5.91 Å². The third-order valence-electron chi connectivity index (χ3n) is 4.35. The number of rotatable bonds is 6. The Bertz CT molecular complexity index is 892. The second kappa shape index (κ2) is 6.70. The molecule has 0 atom stereocenters. The lowest BCUT2D eigenvalue weighted by atomic mass is 9.96.